The van der Waals surface area contributed by atoms with Crippen LogP contribution in [0.3, 0.4) is 0 Å². The van der Waals surface area contributed by atoms with Gasteiger partial charge in [-0.1, -0.05) is 36.4 Å². The highest BCUT2D eigenvalue weighted by Crippen LogP contribution is 2.31. The van der Waals surface area contributed by atoms with Gasteiger partial charge in [0.15, 0.2) is 0 Å². The van der Waals surface area contributed by atoms with E-state index in [9.17, 15) is 14.4 Å². The number of nitrogens with one attached hydrogen (secondary N) is 1. The first-order valence-electron chi connectivity index (χ1n) is 9.58. The second-order valence-electron chi connectivity index (χ2n) is 7.23. The number of hydrogen-bond acceptors (Lipinski definition) is 3. The molecular formula is C24H20N2O4. The number of carbonyl (C=O) groups excluding carboxylic acids is 2. The van der Waals surface area contributed by atoms with Crippen LogP contribution < -0.4 is 10.2 Å². The molecule has 6 heteroatoms. The van der Waals surface area contributed by atoms with Crippen LogP contribution in [0.15, 0.2) is 72.8 Å². The normalized spacial score (nSPS) is 13.6. The number of carbonyl (C=O) groups is 3. The van der Waals surface area contributed by atoms with Gasteiger partial charge in [0, 0.05) is 22.5 Å². The van der Waals surface area contributed by atoms with Crippen LogP contribution in [-0.2, 0) is 11.3 Å². The highest BCUT2D eigenvalue weighted by molar-refractivity contribution is 6.11. The molecule has 0 radical (unpaired) electrons. The van der Waals surface area contributed by atoms with Crippen LogP contribution in [0.1, 0.15) is 44.7 Å². The molecule has 3 aromatic carbocycles. The van der Waals surface area contributed by atoms with Gasteiger partial charge in [0.05, 0.1) is 12.5 Å². The topological polar surface area (TPSA) is 86.7 Å². The molecule has 2 amide bonds. The minimum absolute atomic E-state index is 0.153. The molecule has 0 aliphatic carbocycles. The summed E-state index contributed by atoms with van der Waals surface area (Å²) in [5, 5.41) is 12.0. The molecule has 1 atom stereocenters. The Bertz CT molecular complexity index is 1120. The van der Waals surface area contributed by atoms with Gasteiger partial charge < -0.3 is 15.3 Å². The number of nitrogens with zero attached hydrogens (tertiary/aromatic N) is 1. The van der Waals surface area contributed by atoms with E-state index in [0.29, 0.717) is 34.6 Å². The maximum Gasteiger partial charge on any atom is 0.310 e. The van der Waals surface area contributed by atoms with Crippen LogP contribution in [0, 0.1) is 0 Å². The summed E-state index contributed by atoms with van der Waals surface area (Å²) in [6, 6.07) is 21.2. The summed E-state index contributed by atoms with van der Waals surface area (Å²) in [4.78, 5) is 38.1. The molecule has 0 saturated heterocycles. The molecule has 0 saturated carbocycles. The summed E-state index contributed by atoms with van der Waals surface area (Å²) in [5.74, 6) is -1.89. The lowest BCUT2D eigenvalue weighted by molar-refractivity contribution is -0.138. The van der Waals surface area contributed by atoms with Crippen LogP contribution in [0.25, 0.3) is 0 Å². The van der Waals surface area contributed by atoms with Crippen molar-refractivity contribution in [1.82, 2.24) is 0 Å². The van der Waals surface area contributed by atoms with Gasteiger partial charge in [-0.3, -0.25) is 14.4 Å². The summed E-state index contributed by atoms with van der Waals surface area (Å²) in [6.45, 7) is 2.05. The summed E-state index contributed by atoms with van der Waals surface area (Å²) >= 11 is 0. The number of fused-ring (bicyclic) bond motifs is 1. The molecule has 4 rings (SSSR count). The monoisotopic (exact) mass is 400 g/mol. The van der Waals surface area contributed by atoms with Gasteiger partial charge in [-0.25, -0.2) is 0 Å². The van der Waals surface area contributed by atoms with Crippen molar-refractivity contribution in [3.8, 4) is 0 Å². The third kappa shape index (κ3) is 3.67. The Hall–Kier alpha value is -3.93. The Labute approximate surface area is 173 Å². The summed E-state index contributed by atoms with van der Waals surface area (Å²) in [5.41, 5.74) is 3.91. The van der Waals surface area contributed by atoms with Crippen molar-refractivity contribution in [3.05, 3.63) is 95.1 Å². The van der Waals surface area contributed by atoms with E-state index in [2.05, 4.69) is 5.32 Å². The zero-order valence-corrected chi connectivity index (χ0v) is 16.3. The van der Waals surface area contributed by atoms with Gasteiger partial charge in [0.2, 0.25) is 0 Å². The molecule has 150 valence electrons. The van der Waals surface area contributed by atoms with Crippen LogP contribution in [0.5, 0.6) is 0 Å². The number of amides is 2. The molecule has 0 spiro atoms. The van der Waals surface area contributed by atoms with E-state index in [4.69, 9.17) is 5.11 Å². The molecular weight excluding hydrogens is 380 g/mol. The quantitative estimate of drug-likeness (QED) is 0.669. The molecule has 0 fully saturated rings. The van der Waals surface area contributed by atoms with Crippen LogP contribution in [0.2, 0.25) is 0 Å². The van der Waals surface area contributed by atoms with E-state index >= 15 is 0 Å². The maximum atomic E-state index is 13.0. The summed E-state index contributed by atoms with van der Waals surface area (Å²) in [6.07, 6.45) is 0. The van der Waals surface area contributed by atoms with E-state index in [1.807, 2.05) is 12.1 Å². The van der Waals surface area contributed by atoms with Crippen molar-refractivity contribution in [2.45, 2.75) is 19.4 Å². The Morgan fingerprint density at radius 1 is 1.00 bits per heavy atom. The van der Waals surface area contributed by atoms with E-state index in [1.165, 1.54) is 0 Å². The second-order valence-corrected chi connectivity index (χ2v) is 7.23. The van der Waals surface area contributed by atoms with Crippen molar-refractivity contribution in [3.63, 3.8) is 0 Å². The van der Waals surface area contributed by atoms with Gasteiger partial charge in [-0.15, -0.1) is 0 Å². The lowest BCUT2D eigenvalue weighted by atomic mass is 10.0. The van der Waals surface area contributed by atoms with Crippen molar-refractivity contribution in [2.24, 2.45) is 0 Å². The fourth-order valence-corrected chi connectivity index (χ4v) is 3.47. The number of benzene rings is 3. The van der Waals surface area contributed by atoms with E-state index < -0.39 is 11.9 Å². The fourth-order valence-electron chi connectivity index (χ4n) is 3.47. The average molecular weight is 400 g/mol. The average Bonchev–Trinajstić information content (AvgIpc) is 3.10. The third-order valence-electron chi connectivity index (χ3n) is 5.28. The van der Waals surface area contributed by atoms with Gasteiger partial charge in [0.25, 0.3) is 11.8 Å². The number of anilines is 2. The SMILES string of the molecule is CC(C(=O)O)c1ccc(N2Cc3ccc(NC(=O)c4ccccc4)cc3C2=O)cc1. The molecule has 30 heavy (non-hydrogen) atoms. The first kappa shape index (κ1) is 19.4. The Kier molecular flexibility index (Phi) is 5.06. The van der Waals surface area contributed by atoms with E-state index in [-0.39, 0.29) is 11.8 Å². The minimum Gasteiger partial charge on any atom is -0.481 e. The van der Waals surface area contributed by atoms with E-state index in [0.717, 1.165) is 5.56 Å². The number of carboxylic acids is 1. The zero-order valence-electron chi connectivity index (χ0n) is 16.3. The Morgan fingerprint density at radius 2 is 1.70 bits per heavy atom. The summed E-state index contributed by atoms with van der Waals surface area (Å²) < 4.78 is 0. The highest BCUT2D eigenvalue weighted by atomic mass is 16.4. The first-order chi connectivity index (χ1) is 14.4. The smallest absolute Gasteiger partial charge is 0.310 e. The van der Waals surface area contributed by atoms with Gasteiger partial charge in [-0.2, -0.15) is 0 Å². The molecule has 0 aromatic heterocycles. The van der Waals surface area contributed by atoms with Crippen molar-refractivity contribution < 1.29 is 19.5 Å². The zero-order chi connectivity index (χ0) is 21.3. The van der Waals surface area contributed by atoms with E-state index in [1.54, 1.807) is 72.5 Å². The first-order valence-corrected chi connectivity index (χ1v) is 9.58. The van der Waals surface area contributed by atoms with Crippen molar-refractivity contribution in [1.29, 1.82) is 0 Å². The molecule has 2 N–H and O–H groups in total. The molecule has 1 aliphatic heterocycles. The van der Waals surface area contributed by atoms with Crippen LogP contribution >= 0.6 is 0 Å². The minimum atomic E-state index is -0.891. The van der Waals surface area contributed by atoms with Crippen LogP contribution in [0.4, 0.5) is 11.4 Å². The molecule has 1 aliphatic rings. The number of aliphatic carboxylic acids is 1. The van der Waals surface area contributed by atoms with Crippen LogP contribution in [-0.4, -0.2) is 22.9 Å². The van der Waals surface area contributed by atoms with Gasteiger partial charge in [-0.05, 0) is 54.4 Å². The lowest BCUT2D eigenvalue weighted by Gasteiger charge is -2.16. The molecule has 0 bridgehead atoms. The van der Waals surface area contributed by atoms with Gasteiger partial charge >= 0.3 is 5.97 Å². The Morgan fingerprint density at radius 3 is 2.37 bits per heavy atom. The predicted octanol–water partition coefficient (Wildman–Crippen LogP) is 4.29. The fraction of sp³-hybridized carbons (Fsp3) is 0.125. The second kappa shape index (κ2) is 7.83. The highest BCUT2D eigenvalue weighted by Gasteiger charge is 2.29. The largest absolute Gasteiger partial charge is 0.481 e. The molecule has 1 heterocycles. The lowest BCUT2D eigenvalue weighted by Crippen LogP contribution is -2.23. The standard InChI is InChI=1S/C24H20N2O4/c1-15(24(29)30)16-8-11-20(12-9-16)26-14-18-7-10-19(13-21(18)23(26)28)25-22(27)17-5-3-2-4-6-17/h2-13,15H,14H2,1H3,(H,25,27)(H,29,30). The number of carboxylic acid groups (broad SMARTS) is 1. The Balaban J connectivity index is 1.52. The van der Waals surface area contributed by atoms with Gasteiger partial charge in [0.1, 0.15) is 0 Å². The molecule has 6 nitrogen and oxygen atoms in total. The third-order valence-corrected chi connectivity index (χ3v) is 5.28. The molecule has 3 aromatic rings. The van der Waals surface area contributed by atoms with Crippen molar-refractivity contribution in [2.75, 3.05) is 10.2 Å². The molecule has 1 unspecified atom stereocenters. The predicted molar refractivity (Wildman–Crippen MR) is 114 cm³/mol. The number of rotatable bonds is 5. The number of hydrogen-bond donors (Lipinski definition) is 2. The van der Waals surface area contributed by atoms with Crippen molar-refractivity contribution >= 4 is 29.2 Å². The summed E-state index contributed by atoms with van der Waals surface area (Å²) in [7, 11) is 0. The maximum absolute atomic E-state index is 13.0.